The molecule has 1 aliphatic heterocycles. The van der Waals surface area contributed by atoms with Gasteiger partial charge in [0.2, 0.25) is 11.8 Å². The van der Waals surface area contributed by atoms with E-state index in [9.17, 15) is 4.79 Å². The third-order valence-corrected chi connectivity index (χ3v) is 3.22. The van der Waals surface area contributed by atoms with Crippen LogP contribution in [0.1, 0.15) is 24.2 Å². The topological polar surface area (TPSA) is 76.6 Å². The summed E-state index contributed by atoms with van der Waals surface area (Å²) in [6.07, 6.45) is 1.32. The Bertz CT molecular complexity index is 462. The fourth-order valence-electron chi connectivity index (χ4n) is 2.50. The highest BCUT2D eigenvalue weighted by Gasteiger charge is 2.30. The zero-order valence-electron chi connectivity index (χ0n) is 12.2. The molecule has 1 aromatic heterocycles. The third-order valence-electron chi connectivity index (χ3n) is 3.22. The Morgan fingerprint density at radius 2 is 1.70 bits per heavy atom. The Morgan fingerprint density at radius 3 is 2.15 bits per heavy atom. The summed E-state index contributed by atoms with van der Waals surface area (Å²) in [4.78, 5) is 22.4. The molecule has 0 spiro atoms. The van der Waals surface area contributed by atoms with Crippen molar-refractivity contribution in [2.24, 2.45) is 0 Å². The molecular formula is C13H20N4O3. The Kier molecular flexibility index (Phi) is 4.39. The number of hydrogen-bond donors (Lipinski definition) is 1. The van der Waals surface area contributed by atoms with Gasteiger partial charge in [-0.1, -0.05) is 0 Å². The van der Waals surface area contributed by atoms with Gasteiger partial charge < -0.3 is 19.7 Å². The molecule has 0 bridgehead atoms. The molecule has 2 atom stereocenters. The smallest absolute Gasteiger partial charge is 0.265 e. The van der Waals surface area contributed by atoms with E-state index in [0.717, 1.165) is 0 Å². The summed E-state index contributed by atoms with van der Waals surface area (Å²) in [5.74, 6) is 0.306. The second-order valence-electron chi connectivity index (χ2n) is 4.95. The van der Waals surface area contributed by atoms with Gasteiger partial charge in [-0.2, -0.15) is 0 Å². The van der Waals surface area contributed by atoms with Crippen molar-refractivity contribution in [2.75, 3.05) is 27.3 Å². The maximum atomic E-state index is 12.7. The van der Waals surface area contributed by atoms with Crippen LogP contribution in [0.25, 0.3) is 0 Å². The highest BCUT2D eigenvalue weighted by Crippen LogP contribution is 2.25. The molecule has 1 aliphatic rings. The number of amides is 1. The standard InChI is InChI=1S/C13H20N4O3/c1-8-5-17(6-9(2)16-8)13(18)10-11(19-3)14-7-15-12(10)20-4/h7-9,16H,5-6H2,1-4H3/t8-,9+. The SMILES string of the molecule is COc1ncnc(OC)c1C(=O)N1C[C@@H](C)N[C@@H](C)C1. The first kappa shape index (κ1) is 14.5. The van der Waals surface area contributed by atoms with Crippen LogP contribution in [0.4, 0.5) is 0 Å². The molecule has 0 aliphatic carbocycles. The molecule has 1 saturated heterocycles. The van der Waals surface area contributed by atoms with E-state index in [4.69, 9.17) is 9.47 Å². The predicted octanol–water partition coefficient (Wildman–Crippen LogP) is 0.316. The van der Waals surface area contributed by atoms with Gasteiger partial charge in [0.05, 0.1) is 14.2 Å². The van der Waals surface area contributed by atoms with Gasteiger partial charge in [0, 0.05) is 25.2 Å². The monoisotopic (exact) mass is 280 g/mol. The first-order chi connectivity index (χ1) is 9.56. The number of rotatable bonds is 3. The lowest BCUT2D eigenvalue weighted by molar-refractivity contribution is 0.0665. The van der Waals surface area contributed by atoms with Crippen molar-refractivity contribution in [3.63, 3.8) is 0 Å². The molecule has 20 heavy (non-hydrogen) atoms. The van der Waals surface area contributed by atoms with Crippen molar-refractivity contribution in [3.8, 4) is 11.8 Å². The zero-order chi connectivity index (χ0) is 14.7. The molecule has 1 amide bonds. The molecule has 1 aromatic rings. The fraction of sp³-hybridized carbons (Fsp3) is 0.615. The lowest BCUT2D eigenvalue weighted by atomic mass is 10.1. The van der Waals surface area contributed by atoms with E-state index < -0.39 is 0 Å². The van der Waals surface area contributed by atoms with Crippen LogP contribution in [0.3, 0.4) is 0 Å². The summed E-state index contributed by atoms with van der Waals surface area (Å²) < 4.78 is 10.3. The van der Waals surface area contributed by atoms with Gasteiger partial charge in [0.1, 0.15) is 6.33 Å². The van der Waals surface area contributed by atoms with Crippen molar-refractivity contribution in [3.05, 3.63) is 11.9 Å². The second-order valence-corrected chi connectivity index (χ2v) is 4.95. The van der Waals surface area contributed by atoms with Gasteiger partial charge >= 0.3 is 0 Å². The van der Waals surface area contributed by atoms with Gasteiger partial charge in [0.15, 0.2) is 5.56 Å². The number of aromatic nitrogens is 2. The van der Waals surface area contributed by atoms with Crippen LogP contribution in [0, 0.1) is 0 Å². The third kappa shape index (κ3) is 2.82. The first-order valence-electron chi connectivity index (χ1n) is 6.55. The number of methoxy groups -OCH3 is 2. The minimum absolute atomic E-state index is 0.167. The molecular weight excluding hydrogens is 260 g/mol. The van der Waals surface area contributed by atoms with E-state index in [-0.39, 0.29) is 35.3 Å². The number of nitrogens with zero attached hydrogens (tertiary/aromatic N) is 3. The average molecular weight is 280 g/mol. The molecule has 2 rings (SSSR count). The van der Waals surface area contributed by atoms with Crippen LogP contribution in [0.2, 0.25) is 0 Å². The highest BCUT2D eigenvalue weighted by atomic mass is 16.5. The van der Waals surface area contributed by atoms with Crippen molar-refractivity contribution in [1.82, 2.24) is 20.2 Å². The second kappa shape index (κ2) is 6.04. The van der Waals surface area contributed by atoms with Crippen LogP contribution >= 0.6 is 0 Å². The van der Waals surface area contributed by atoms with E-state index in [1.165, 1.54) is 20.5 Å². The normalized spacial score (nSPS) is 22.5. The number of nitrogens with one attached hydrogen (secondary N) is 1. The summed E-state index contributed by atoms with van der Waals surface area (Å²) in [6.45, 7) is 5.35. The van der Waals surface area contributed by atoms with E-state index in [2.05, 4.69) is 15.3 Å². The van der Waals surface area contributed by atoms with Gasteiger partial charge in [-0.3, -0.25) is 4.79 Å². The van der Waals surface area contributed by atoms with Gasteiger partial charge in [-0.25, -0.2) is 9.97 Å². The summed E-state index contributed by atoms with van der Waals surface area (Å²) in [6, 6.07) is 0.480. The summed E-state index contributed by atoms with van der Waals surface area (Å²) in [7, 11) is 2.95. The number of hydrogen-bond acceptors (Lipinski definition) is 6. The van der Waals surface area contributed by atoms with Crippen molar-refractivity contribution in [1.29, 1.82) is 0 Å². The van der Waals surface area contributed by atoms with Crippen LogP contribution in [-0.2, 0) is 0 Å². The maximum absolute atomic E-state index is 12.7. The lowest BCUT2D eigenvalue weighted by Crippen LogP contribution is -2.55. The molecule has 0 aromatic carbocycles. The van der Waals surface area contributed by atoms with E-state index in [1.54, 1.807) is 4.90 Å². The van der Waals surface area contributed by atoms with Crippen LogP contribution < -0.4 is 14.8 Å². The quantitative estimate of drug-likeness (QED) is 0.859. The molecule has 1 N–H and O–H groups in total. The van der Waals surface area contributed by atoms with E-state index in [1.807, 2.05) is 13.8 Å². The zero-order valence-corrected chi connectivity index (χ0v) is 12.2. The Morgan fingerprint density at radius 1 is 1.20 bits per heavy atom. The number of carbonyl (C=O) groups is 1. The predicted molar refractivity (Wildman–Crippen MR) is 73.1 cm³/mol. The van der Waals surface area contributed by atoms with E-state index in [0.29, 0.717) is 13.1 Å². The summed E-state index contributed by atoms with van der Waals surface area (Å²) in [5, 5.41) is 3.39. The Balaban J connectivity index is 2.32. The Labute approximate surface area is 118 Å². The summed E-state index contributed by atoms with van der Waals surface area (Å²) >= 11 is 0. The minimum Gasteiger partial charge on any atom is -0.480 e. The van der Waals surface area contributed by atoms with Gasteiger partial charge in [-0.15, -0.1) is 0 Å². The molecule has 0 saturated carbocycles. The van der Waals surface area contributed by atoms with Crippen LogP contribution in [0.5, 0.6) is 11.8 Å². The number of ether oxygens (including phenoxy) is 2. The van der Waals surface area contributed by atoms with E-state index >= 15 is 0 Å². The van der Waals surface area contributed by atoms with Crippen LogP contribution in [0.15, 0.2) is 6.33 Å². The first-order valence-corrected chi connectivity index (χ1v) is 6.55. The van der Waals surface area contributed by atoms with Gasteiger partial charge in [-0.05, 0) is 13.8 Å². The largest absolute Gasteiger partial charge is 0.480 e. The molecule has 110 valence electrons. The van der Waals surface area contributed by atoms with Crippen LogP contribution in [-0.4, -0.2) is 60.2 Å². The molecule has 0 radical (unpaired) electrons. The van der Waals surface area contributed by atoms with Crippen molar-refractivity contribution in [2.45, 2.75) is 25.9 Å². The minimum atomic E-state index is -0.167. The molecule has 7 heteroatoms. The molecule has 7 nitrogen and oxygen atoms in total. The lowest BCUT2D eigenvalue weighted by Gasteiger charge is -2.36. The molecule has 0 unspecified atom stereocenters. The maximum Gasteiger partial charge on any atom is 0.265 e. The highest BCUT2D eigenvalue weighted by molar-refractivity contribution is 5.98. The Hall–Kier alpha value is -1.89. The number of carbonyl (C=O) groups excluding carboxylic acids is 1. The van der Waals surface area contributed by atoms with Crippen molar-refractivity contribution < 1.29 is 14.3 Å². The molecule has 2 heterocycles. The van der Waals surface area contributed by atoms with Crippen molar-refractivity contribution >= 4 is 5.91 Å². The number of piperazine rings is 1. The molecule has 1 fully saturated rings. The average Bonchev–Trinajstić information content (AvgIpc) is 2.44. The fourth-order valence-corrected chi connectivity index (χ4v) is 2.50. The van der Waals surface area contributed by atoms with Gasteiger partial charge in [0.25, 0.3) is 5.91 Å². The summed E-state index contributed by atoms with van der Waals surface area (Å²) in [5.41, 5.74) is 0.277.